The molecule has 0 fully saturated rings. The maximum Gasteiger partial charge on any atom is 0.488 e. The van der Waals surface area contributed by atoms with E-state index in [1.54, 1.807) is 42.5 Å². The highest BCUT2D eigenvalue weighted by molar-refractivity contribution is 6.58. The van der Waals surface area contributed by atoms with Gasteiger partial charge in [-0.3, -0.25) is 9.78 Å². The van der Waals surface area contributed by atoms with Crippen molar-refractivity contribution in [2.45, 2.75) is 0 Å². The predicted octanol–water partition coefficient (Wildman–Crippen LogP) is -0.475. The molecule has 0 aliphatic carbocycles. The van der Waals surface area contributed by atoms with Gasteiger partial charge in [-0.05, 0) is 23.2 Å². The summed E-state index contributed by atoms with van der Waals surface area (Å²) in [5, 5.41) is 21.7. The lowest BCUT2D eigenvalue weighted by atomic mass is 9.80. The minimum Gasteiger partial charge on any atom is -0.423 e. The topological polar surface area (TPSA) is 94.8 Å². The van der Waals surface area contributed by atoms with Crippen molar-refractivity contribution in [2.24, 2.45) is 5.10 Å². The monoisotopic (exact) mass is 269 g/mol. The summed E-state index contributed by atoms with van der Waals surface area (Å²) in [7, 11) is -1.50. The van der Waals surface area contributed by atoms with E-state index in [-0.39, 0.29) is 5.69 Å². The molecule has 2 rings (SSSR count). The summed E-state index contributed by atoms with van der Waals surface area (Å²) in [4.78, 5) is 15.5. The minimum atomic E-state index is -1.50. The number of amides is 1. The Kier molecular flexibility index (Phi) is 4.59. The molecule has 1 heterocycles. The summed E-state index contributed by atoms with van der Waals surface area (Å²) in [6.45, 7) is 0. The van der Waals surface area contributed by atoms with Crippen molar-refractivity contribution in [3.8, 4) is 0 Å². The van der Waals surface area contributed by atoms with Gasteiger partial charge >= 0.3 is 7.12 Å². The van der Waals surface area contributed by atoms with Gasteiger partial charge in [-0.15, -0.1) is 0 Å². The first-order chi connectivity index (χ1) is 9.66. The average molecular weight is 269 g/mol. The summed E-state index contributed by atoms with van der Waals surface area (Å²) in [6, 6.07) is 11.5. The highest BCUT2D eigenvalue weighted by Crippen LogP contribution is 1.95. The second-order valence-electron chi connectivity index (χ2n) is 3.95. The van der Waals surface area contributed by atoms with E-state index >= 15 is 0 Å². The van der Waals surface area contributed by atoms with Crippen LogP contribution in [0.5, 0.6) is 0 Å². The van der Waals surface area contributed by atoms with Crippen LogP contribution in [0.3, 0.4) is 0 Å². The molecule has 2 aromatic rings. The Morgan fingerprint density at radius 3 is 2.55 bits per heavy atom. The number of pyridine rings is 1. The van der Waals surface area contributed by atoms with E-state index in [0.717, 1.165) is 5.56 Å². The fourth-order valence-corrected chi connectivity index (χ4v) is 1.47. The molecule has 6 nitrogen and oxygen atoms in total. The molecule has 0 radical (unpaired) electrons. The maximum absolute atomic E-state index is 11.6. The molecule has 0 unspecified atom stereocenters. The lowest BCUT2D eigenvalue weighted by Crippen LogP contribution is -2.29. The van der Waals surface area contributed by atoms with Gasteiger partial charge in [0.15, 0.2) is 0 Å². The van der Waals surface area contributed by atoms with Gasteiger partial charge in [-0.2, -0.15) is 5.10 Å². The molecule has 0 atom stereocenters. The van der Waals surface area contributed by atoms with Crippen molar-refractivity contribution >= 4 is 24.7 Å². The number of rotatable bonds is 4. The van der Waals surface area contributed by atoms with E-state index in [1.165, 1.54) is 12.4 Å². The molecule has 0 aliphatic rings. The molecule has 0 bridgehead atoms. The van der Waals surface area contributed by atoms with Gasteiger partial charge in [0.05, 0.1) is 6.21 Å². The van der Waals surface area contributed by atoms with Crippen LogP contribution in [0.25, 0.3) is 0 Å². The second kappa shape index (κ2) is 6.60. The first-order valence-electron chi connectivity index (χ1n) is 5.87. The zero-order chi connectivity index (χ0) is 14.4. The first kappa shape index (κ1) is 13.9. The quantitative estimate of drug-likeness (QED) is 0.397. The first-order valence-corrected chi connectivity index (χ1v) is 5.87. The Morgan fingerprint density at radius 2 is 1.95 bits per heavy atom. The summed E-state index contributed by atoms with van der Waals surface area (Å²) < 4.78 is 0. The Hall–Kier alpha value is -2.51. The van der Waals surface area contributed by atoms with Crippen molar-refractivity contribution in [1.29, 1.82) is 0 Å². The van der Waals surface area contributed by atoms with E-state index in [2.05, 4.69) is 15.5 Å². The van der Waals surface area contributed by atoms with Crippen molar-refractivity contribution in [3.63, 3.8) is 0 Å². The number of nitrogens with zero attached hydrogens (tertiary/aromatic N) is 2. The molecular weight excluding hydrogens is 257 g/mol. The van der Waals surface area contributed by atoms with Gasteiger partial charge in [0.1, 0.15) is 5.69 Å². The predicted molar refractivity (Wildman–Crippen MR) is 75.6 cm³/mol. The summed E-state index contributed by atoms with van der Waals surface area (Å²) in [5.41, 5.74) is 3.74. The molecule has 3 N–H and O–H groups in total. The van der Waals surface area contributed by atoms with Gasteiger partial charge in [0.25, 0.3) is 5.91 Å². The van der Waals surface area contributed by atoms with Crippen LogP contribution >= 0.6 is 0 Å². The van der Waals surface area contributed by atoms with Crippen molar-refractivity contribution in [1.82, 2.24) is 10.4 Å². The fraction of sp³-hybridized carbons (Fsp3) is 0. The molecule has 1 aromatic heterocycles. The van der Waals surface area contributed by atoms with Crippen LogP contribution in [0.1, 0.15) is 16.1 Å². The van der Waals surface area contributed by atoms with E-state index in [1.807, 2.05) is 0 Å². The van der Waals surface area contributed by atoms with Gasteiger partial charge in [0.2, 0.25) is 0 Å². The summed E-state index contributed by atoms with van der Waals surface area (Å²) in [6.07, 6.45) is 2.98. The Balaban J connectivity index is 1.95. The molecule has 7 heteroatoms. The molecule has 20 heavy (non-hydrogen) atoms. The number of benzene rings is 1. The number of hydrogen-bond acceptors (Lipinski definition) is 5. The standard InChI is InChI=1S/C13H12BN3O3/c18-13(12-3-1-2-8-15-12)17-16-9-10-4-6-11(7-5-10)14(19)20/h1-9,19-20H,(H,17,18)/b16-9+. The fourth-order valence-electron chi connectivity index (χ4n) is 1.47. The molecule has 1 aromatic carbocycles. The number of aromatic nitrogens is 1. The molecule has 1 amide bonds. The number of hydrazone groups is 1. The molecule has 0 spiro atoms. The zero-order valence-corrected chi connectivity index (χ0v) is 10.5. The Bertz CT molecular complexity index is 600. The van der Waals surface area contributed by atoms with E-state index in [4.69, 9.17) is 10.0 Å². The third-order valence-electron chi connectivity index (χ3n) is 2.51. The van der Waals surface area contributed by atoms with Crippen LogP contribution in [-0.2, 0) is 0 Å². The van der Waals surface area contributed by atoms with E-state index in [9.17, 15) is 4.79 Å². The molecule has 0 aliphatic heterocycles. The summed E-state index contributed by atoms with van der Waals surface area (Å²) >= 11 is 0. The summed E-state index contributed by atoms with van der Waals surface area (Å²) in [5.74, 6) is -0.399. The van der Waals surface area contributed by atoms with Crippen LogP contribution in [0.2, 0.25) is 0 Å². The third-order valence-corrected chi connectivity index (χ3v) is 2.51. The minimum absolute atomic E-state index is 0.281. The number of hydrogen-bond donors (Lipinski definition) is 3. The molecule has 100 valence electrons. The molecular formula is C13H12BN3O3. The largest absolute Gasteiger partial charge is 0.488 e. The SMILES string of the molecule is O=C(N/N=C/c1ccc(B(O)O)cc1)c1ccccn1. The second-order valence-corrected chi connectivity index (χ2v) is 3.95. The molecule has 0 saturated carbocycles. The Morgan fingerprint density at radius 1 is 1.20 bits per heavy atom. The van der Waals surface area contributed by atoms with Crippen LogP contribution in [0, 0.1) is 0 Å². The normalized spacial score (nSPS) is 10.5. The lowest BCUT2D eigenvalue weighted by molar-refractivity contribution is 0.0950. The van der Waals surface area contributed by atoms with Crippen molar-refractivity contribution in [2.75, 3.05) is 0 Å². The van der Waals surface area contributed by atoms with Crippen LogP contribution in [0.4, 0.5) is 0 Å². The van der Waals surface area contributed by atoms with E-state index < -0.39 is 13.0 Å². The van der Waals surface area contributed by atoms with Gasteiger partial charge in [-0.1, -0.05) is 30.3 Å². The van der Waals surface area contributed by atoms with Crippen LogP contribution in [-0.4, -0.2) is 34.3 Å². The van der Waals surface area contributed by atoms with Gasteiger partial charge < -0.3 is 10.0 Å². The van der Waals surface area contributed by atoms with Gasteiger partial charge in [0, 0.05) is 6.20 Å². The Labute approximate surface area is 115 Å². The number of nitrogens with one attached hydrogen (secondary N) is 1. The van der Waals surface area contributed by atoms with Gasteiger partial charge in [-0.25, -0.2) is 5.43 Å². The van der Waals surface area contributed by atoms with Crippen molar-refractivity contribution in [3.05, 3.63) is 59.9 Å². The number of carbonyl (C=O) groups is 1. The smallest absolute Gasteiger partial charge is 0.423 e. The molecule has 0 saturated heterocycles. The van der Waals surface area contributed by atoms with Crippen LogP contribution < -0.4 is 10.9 Å². The maximum atomic E-state index is 11.6. The van der Waals surface area contributed by atoms with E-state index in [0.29, 0.717) is 5.46 Å². The van der Waals surface area contributed by atoms with Crippen molar-refractivity contribution < 1.29 is 14.8 Å². The highest BCUT2D eigenvalue weighted by atomic mass is 16.4. The number of carbonyl (C=O) groups excluding carboxylic acids is 1. The zero-order valence-electron chi connectivity index (χ0n) is 10.5. The third kappa shape index (κ3) is 3.74. The van der Waals surface area contributed by atoms with Crippen LogP contribution in [0.15, 0.2) is 53.8 Å². The highest BCUT2D eigenvalue weighted by Gasteiger charge is 2.09. The average Bonchev–Trinajstić information content (AvgIpc) is 2.48. The lowest BCUT2D eigenvalue weighted by Gasteiger charge is -2.00.